The molecule has 1 aliphatic carbocycles. The van der Waals surface area contributed by atoms with E-state index in [-0.39, 0.29) is 12.2 Å². The maximum absolute atomic E-state index is 9.05. The van der Waals surface area contributed by atoms with E-state index in [1.807, 2.05) is 0 Å². The fourth-order valence-corrected chi connectivity index (χ4v) is 1.74. The maximum atomic E-state index is 9.05. The van der Waals surface area contributed by atoms with Gasteiger partial charge in [-0.1, -0.05) is 0 Å². The molecule has 0 bridgehead atoms. The Kier molecular flexibility index (Phi) is 4.70. The van der Waals surface area contributed by atoms with Gasteiger partial charge >= 0.3 is 0 Å². The van der Waals surface area contributed by atoms with E-state index in [0.29, 0.717) is 12.7 Å². The fourth-order valence-electron chi connectivity index (χ4n) is 1.74. The summed E-state index contributed by atoms with van der Waals surface area (Å²) in [7, 11) is 1.75. The van der Waals surface area contributed by atoms with Gasteiger partial charge in [0.1, 0.15) is 0 Å². The lowest BCUT2D eigenvalue weighted by molar-refractivity contribution is -0.0529. The molecule has 0 radical (unpaired) electrons. The molecule has 1 saturated carbocycles. The zero-order valence-electron chi connectivity index (χ0n) is 8.53. The molecule has 0 aromatic carbocycles. The molecule has 1 N–H and O–H groups in total. The smallest absolute Gasteiger partial charge is 0.0745 e. The monoisotopic (exact) mass is 188 g/mol. The van der Waals surface area contributed by atoms with E-state index in [2.05, 4.69) is 0 Å². The number of ether oxygens (including phenoxy) is 2. The van der Waals surface area contributed by atoms with E-state index >= 15 is 0 Å². The lowest BCUT2D eigenvalue weighted by atomic mass is 9.95. The Balaban J connectivity index is 2.18. The summed E-state index contributed by atoms with van der Waals surface area (Å²) in [4.78, 5) is 0. The number of methoxy groups -OCH3 is 1. The van der Waals surface area contributed by atoms with Crippen molar-refractivity contribution in [2.45, 2.75) is 50.9 Å². The summed E-state index contributed by atoms with van der Waals surface area (Å²) in [5, 5.41) is 9.05. The van der Waals surface area contributed by atoms with Gasteiger partial charge in [0.25, 0.3) is 0 Å². The van der Waals surface area contributed by atoms with Gasteiger partial charge in [0, 0.05) is 7.11 Å². The summed E-state index contributed by atoms with van der Waals surface area (Å²) in [6.07, 6.45) is 4.67. The molecule has 1 aliphatic rings. The van der Waals surface area contributed by atoms with Crippen LogP contribution in [0.3, 0.4) is 0 Å². The zero-order valence-corrected chi connectivity index (χ0v) is 8.53. The molecule has 78 valence electrons. The second-order valence-corrected chi connectivity index (χ2v) is 3.83. The zero-order chi connectivity index (χ0) is 9.68. The number of hydrogen-bond acceptors (Lipinski definition) is 3. The first-order valence-corrected chi connectivity index (χ1v) is 5.05. The molecule has 3 heteroatoms. The highest BCUT2D eigenvalue weighted by Gasteiger charge is 2.22. The highest BCUT2D eigenvalue weighted by atomic mass is 16.5. The van der Waals surface area contributed by atoms with Crippen molar-refractivity contribution in [3.8, 4) is 0 Å². The van der Waals surface area contributed by atoms with Gasteiger partial charge < -0.3 is 14.6 Å². The van der Waals surface area contributed by atoms with Crippen molar-refractivity contribution < 1.29 is 14.6 Å². The van der Waals surface area contributed by atoms with Gasteiger partial charge in [-0.05, 0) is 32.6 Å². The van der Waals surface area contributed by atoms with E-state index in [9.17, 15) is 0 Å². The Morgan fingerprint density at radius 3 is 2.69 bits per heavy atom. The summed E-state index contributed by atoms with van der Waals surface area (Å²) in [6.45, 7) is 2.19. The molecule has 1 rings (SSSR count). The fraction of sp³-hybridized carbons (Fsp3) is 1.00. The van der Waals surface area contributed by atoms with E-state index in [1.165, 1.54) is 6.42 Å². The molecule has 2 unspecified atom stereocenters. The van der Waals surface area contributed by atoms with E-state index < -0.39 is 0 Å². The summed E-state index contributed by atoms with van der Waals surface area (Å²) in [6, 6.07) is 0. The molecule has 1 fully saturated rings. The summed E-state index contributed by atoms with van der Waals surface area (Å²) in [5.41, 5.74) is 0. The van der Waals surface area contributed by atoms with Crippen LogP contribution in [0.1, 0.15) is 32.6 Å². The molecular formula is C10H20O3. The molecule has 0 aromatic rings. The molecule has 0 aromatic heterocycles. The number of aliphatic hydroxyl groups is 1. The van der Waals surface area contributed by atoms with Crippen molar-refractivity contribution in [2.24, 2.45) is 0 Å². The molecule has 3 nitrogen and oxygen atoms in total. The van der Waals surface area contributed by atoms with Crippen LogP contribution in [-0.4, -0.2) is 37.1 Å². The molecule has 0 amide bonds. The molecule has 13 heavy (non-hydrogen) atoms. The van der Waals surface area contributed by atoms with E-state index in [0.717, 1.165) is 19.3 Å². The third-order valence-corrected chi connectivity index (χ3v) is 2.48. The predicted molar refractivity (Wildman–Crippen MR) is 50.7 cm³/mol. The highest BCUT2D eigenvalue weighted by molar-refractivity contribution is 4.73. The Morgan fingerprint density at radius 1 is 1.38 bits per heavy atom. The first kappa shape index (κ1) is 11.0. The quantitative estimate of drug-likeness (QED) is 0.723. The van der Waals surface area contributed by atoms with Gasteiger partial charge in [-0.3, -0.25) is 0 Å². The van der Waals surface area contributed by atoms with Crippen LogP contribution in [0.4, 0.5) is 0 Å². The van der Waals surface area contributed by atoms with Crippen molar-refractivity contribution >= 4 is 0 Å². The lowest BCUT2D eigenvalue weighted by Gasteiger charge is -2.28. The molecule has 0 aliphatic heterocycles. The second kappa shape index (κ2) is 5.58. The number of aliphatic hydroxyl groups excluding tert-OH is 1. The minimum atomic E-state index is -0.358. The summed E-state index contributed by atoms with van der Waals surface area (Å²) < 4.78 is 10.8. The highest BCUT2D eigenvalue weighted by Crippen LogP contribution is 2.22. The van der Waals surface area contributed by atoms with Gasteiger partial charge in [-0.2, -0.15) is 0 Å². The predicted octanol–water partition coefficient (Wildman–Crippen LogP) is 1.34. The topological polar surface area (TPSA) is 38.7 Å². The van der Waals surface area contributed by atoms with Crippen LogP contribution in [-0.2, 0) is 9.47 Å². The van der Waals surface area contributed by atoms with Gasteiger partial charge in [-0.25, -0.2) is 0 Å². The van der Waals surface area contributed by atoms with Crippen molar-refractivity contribution in [3.05, 3.63) is 0 Å². The van der Waals surface area contributed by atoms with Gasteiger partial charge in [0.05, 0.1) is 24.9 Å². The minimum absolute atomic E-state index is 0.285. The maximum Gasteiger partial charge on any atom is 0.0745 e. The minimum Gasteiger partial charge on any atom is -0.391 e. The Bertz CT molecular complexity index is 136. The standard InChI is InChI=1S/C10H20O3/c1-8(11)7-13-10-5-3-4-9(6-10)12-2/h8-11H,3-7H2,1-2H3/t8-,9?,10?/m0/s1. The number of rotatable bonds is 4. The largest absolute Gasteiger partial charge is 0.391 e. The lowest BCUT2D eigenvalue weighted by Crippen LogP contribution is -2.29. The van der Waals surface area contributed by atoms with E-state index in [4.69, 9.17) is 14.6 Å². The summed E-state index contributed by atoms with van der Waals surface area (Å²) >= 11 is 0. The summed E-state index contributed by atoms with van der Waals surface area (Å²) in [5.74, 6) is 0. The van der Waals surface area contributed by atoms with Crippen molar-refractivity contribution in [1.29, 1.82) is 0 Å². The van der Waals surface area contributed by atoms with Crippen LogP contribution in [0.15, 0.2) is 0 Å². The van der Waals surface area contributed by atoms with Crippen LogP contribution in [0.25, 0.3) is 0 Å². The van der Waals surface area contributed by atoms with Gasteiger partial charge in [0.15, 0.2) is 0 Å². The first-order valence-electron chi connectivity index (χ1n) is 5.05. The average molecular weight is 188 g/mol. The van der Waals surface area contributed by atoms with Gasteiger partial charge in [0.2, 0.25) is 0 Å². The average Bonchev–Trinajstić information content (AvgIpc) is 2.15. The van der Waals surface area contributed by atoms with Crippen molar-refractivity contribution in [2.75, 3.05) is 13.7 Å². The molecular weight excluding hydrogens is 168 g/mol. The van der Waals surface area contributed by atoms with Gasteiger partial charge in [-0.15, -0.1) is 0 Å². The SMILES string of the molecule is COC1CCCC(OC[C@H](C)O)C1. The van der Waals surface area contributed by atoms with Crippen LogP contribution in [0.5, 0.6) is 0 Å². The second-order valence-electron chi connectivity index (χ2n) is 3.83. The third kappa shape index (κ3) is 4.07. The number of hydrogen-bond donors (Lipinski definition) is 1. The third-order valence-electron chi connectivity index (χ3n) is 2.48. The molecule has 0 heterocycles. The van der Waals surface area contributed by atoms with E-state index in [1.54, 1.807) is 14.0 Å². The normalized spacial score (nSPS) is 31.6. The molecule has 0 spiro atoms. The van der Waals surface area contributed by atoms with Crippen LogP contribution < -0.4 is 0 Å². The Hall–Kier alpha value is -0.120. The molecule has 0 saturated heterocycles. The van der Waals surface area contributed by atoms with Crippen molar-refractivity contribution in [1.82, 2.24) is 0 Å². The van der Waals surface area contributed by atoms with Crippen LogP contribution >= 0.6 is 0 Å². The van der Waals surface area contributed by atoms with Crippen molar-refractivity contribution in [3.63, 3.8) is 0 Å². The first-order chi connectivity index (χ1) is 6.22. The Morgan fingerprint density at radius 2 is 2.08 bits per heavy atom. The Labute approximate surface area is 80.0 Å². The molecule has 3 atom stereocenters. The van der Waals surface area contributed by atoms with Crippen LogP contribution in [0, 0.1) is 0 Å². The van der Waals surface area contributed by atoms with Crippen LogP contribution in [0.2, 0.25) is 0 Å².